The van der Waals surface area contributed by atoms with Crippen LogP contribution in [0.2, 0.25) is 0 Å². The van der Waals surface area contributed by atoms with Gasteiger partial charge in [-0.1, -0.05) is 0 Å². The van der Waals surface area contributed by atoms with Crippen molar-refractivity contribution in [1.82, 2.24) is 4.98 Å². The standard InChI is InChI=1S/C13H22N2O2/c1-4-17-12-7-11(8-15-9-12)13(14)6-5-10(2)16-3/h7-10,13H,4-6,14H2,1-3H3. The van der Waals surface area contributed by atoms with Gasteiger partial charge in [0.2, 0.25) is 0 Å². The maximum atomic E-state index is 6.11. The second-order valence-corrected chi connectivity index (χ2v) is 4.12. The van der Waals surface area contributed by atoms with Crippen molar-refractivity contribution in [3.05, 3.63) is 24.0 Å². The Balaban J connectivity index is 2.55. The zero-order valence-electron chi connectivity index (χ0n) is 10.8. The molecular weight excluding hydrogens is 216 g/mol. The van der Waals surface area contributed by atoms with Gasteiger partial charge in [-0.3, -0.25) is 4.98 Å². The Morgan fingerprint density at radius 3 is 2.76 bits per heavy atom. The maximum Gasteiger partial charge on any atom is 0.137 e. The highest BCUT2D eigenvalue weighted by molar-refractivity contribution is 5.25. The zero-order chi connectivity index (χ0) is 12.7. The molecule has 0 aliphatic carbocycles. The van der Waals surface area contributed by atoms with Crippen LogP contribution in [0.1, 0.15) is 38.3 Å². The number of aromatic nitrogens is 1. The third-order valence-electron chi connectivity index (χ3n) is 2.76. The SMILES string of the molecule is CCOc1cncc(C(N)CCC(C)OC)c1. The molecule has 0 aliphatic heterocycles. The van der Waals surface area contributed by atoms with Gasteiger partial charge in [-0.25, -0.2) is 0 Å². The van der Waals surface area contributed by atoms with Gasteiger partial charge in [0.05, 0.1) is 18.9 Å². The van der Waals surface area contributed by atoms with Crippen LogP contribution in [0.3, 0.4) is 0 Å². The summed E-state index contributed by atoms with van der Waals surface area (Å²) in [6.45, 7) is 4.63. The van der Waals surface area contributed by atoms with Gasteiger partial charge in [0.25, 0.3) is 0 Å². The predicted molar refractivity (Wildman–Crippen MR) is 68.0 cm³/mol. The molecule has 17 heavy (non-hydrogen) atoms. The summed E-state index contributed by atoms with van der Waals surface area (Å²) in [7, 11) is 1.72. The number of pyridine rings is 1. The van der Waals surface area contributed by atoms with E-state index < -0.39 is 0 Å². The van der Waals surface area contributed by atoms with E-state index in [0.29, 0.717) is 6.61 Å². The Morgan fingerprint density at radius 1 is 1.35 bits per heavy atom. The van der Waals surface area contributed by atoms with Gasteiger partial charge < -0.3 is 15.2 Å². The van der Waals surface area contributed by atoms with Crippen LogP contribution in [0.25, 0.3) is 0 Å². The second-order valence-electron chi connectivity index (χ2n) is 4.12. The summed E-state index contributed by atoms with van der Waals surface area (Å²) in [6, 6.07) is 1.94. The first kappa shape index (κ1) is 13.9. The summed E-state index contributed by atoms with van der Waals surface area (Å²) in [4.78, 5) is 4.14. The van der Waals surface area contributed by atoms with Gasteiger partial charge in [0.1, 0.15) is 5.75 Å². The summed E-state index contributed by atoms with van der Waals surface area (Å²) in [6.07, 6.45) is 5.56. The van der Waals surface area contributed by atoms with Crippen LogP contribution in [0.15, 0.2) is 18.5 Å². The van der Waals surface area contributed by atoms with Crippen LogP contribution >= 0.6 is 0 Å². The summed E-state index contributed by atoms with van der Waals surface area (Å²) in [5, 5.41) is 0. The van der Waals surface area contributed by atoms with Gasteiger partial charge in [0, 0.05) is 19.3 Å². The van der Waals surface area contributed by atoms with E-state index in [2.05, 4.69) is 4.98 Å². The number of hydrogen-bond acceptors (Lipinski definition) is 4. The average Bonchev–Trinajstić information content (AvgIpc) is 2.36. The fourth-order valence-corrected chi connectivity index (χ4v) is 1.58. The molecule has 0 aromatic carbocycles. The molecule has 96 valence electrons. The monoisotopic (exact) mass is 238 g/mol. The molecule has 0 amide bonds. The maximum absolute atomic E-state index is 6.11. The highest BCUT2D eigenvalue weighted by Crippen LogP contribution is 2.20. The molecule has 1 aromatic heterocycles. The molecule has 0 bridgehead atoms. The normalized spacial score (nSPS) is 14.4. The van der Waals surface area contributed by atoms with Gasteiger partial charge in [-0.15, -0.1) is 0 Å². The third-order valence-corrected chi connectivity index (χ3v) is 2.76. The van der Waals surface area contributed by atoms with Crippen molar-refractivity contribution < 1.29 is 9.47 Å². The first-order valence-electron chi connectivity index (χ1n) is 6.03. The van der Waals surface area contributed by atoms with Crippen molar-refractivity contribution in [3.63, 3.8) is 0 Å². The molecule has 1 heterocycles. The van der Waals surface area contributed by atoms with Gasteiger partial charge >= 0.3 is 0 Å². The fourth-order valence-electron chi connectivity index (χ4n) is 1.58. The lowest BCUT2D eigenvalue weighted by Crippen LogP contribution is -2.14. The van der Waals surface area contributed by atoms with E-state index in [0.717, 1.165) is 24.2 Å². The molecule has 0 saturated carbocycles. The Hall–Kier alpha value is -1.13. The quantitative estimate of drug-likeness (QED) is 0.792. The molecule has 1 aromatic rings. The van der Waals surface area contributed by atoms with Crippen LogP contribution in [0.5, 0.6) is 5.75 Å². The van der Waals surface area contributed by atoms with E-state index in [9.17, 15) is 0 Å². The number of rotatable bonds is 7. The fraction of sp³-hybridized carbons (Fsp3) is 0.615. The lowest BCUT2D eigenvalue weighted by Gasteiger charge is -2.15. The van der Waals surface area contributed by atoms with E-state index in [4.69, 9.17) is 15.2 Å². The van der Waals surface area contributed by atoms with Gasteiger partial charge in [-0.05, 0) is 38.3 Å². The minimum absolute atomic E-state index is 0.0134. The Kier molecular flexibility index (Phi) is 5.94. The van der Waals surface area contributed by atoms with Crippen molar-refractivity contribution in [2.75, 3.05) is 13.7 Å². The molecular formula is C13H22N2O2. The Labute approximate surface area is 103 Å². The largest absolute Gasteiger partial charge is 0.492 e. The van der Waals surface area contributed by atoms with E-state index in [1.54, 1.807) is 19.5 Å². The molecule has 0 aliphatic rings. The Bertz CT molecular complexity index is 331. The number of ether oxygens (including phenoxy) is 2. The number of nitrogens with two attached hydrogens (primary N) is 1. The lowest BCUT2D eigenvalue weighted by atomic mass is 10.0. The molecule has 2 atom stereocenters. The van der Waals surface area contributed by atoms with E-state index >= 15 is 0 Å². The molecule has 1 rings (SSSR count). The predicted octanol–water partition coefficient (Wildman–Crippen LogP) is 2.30. The molecule has 4 heteroatoms. The number of hydrogen-bond donors (Lipinski definition) is 1. The number of methoxy groups -OCH3 is 1. The average molecular weight is 238 g/mol. The summed E-state index contributed by atoms with van der Waals surface area (Å²) < 4.78 is 10.6. The second kappa shape index (κ2) is 7.25. The Morgan fingerprint density at radius 2 is 2.12 bits per heavy atom. The minimum Gasteiger partial charge on any atom is -0.492 e. The number of nitrogens with zero attached hydrogens (tertiary/aromatic N) is 1. The zero-order valence-corrected chi connectivity index (χ0v) is 10.8. The van der Waals surface area contributed by atoms with Crippen molar-refractivity contribution in [2.45, 2.75) is 38.8 Å². The van der Waals surface area contributed by atoms with Crippen LogP contribution < -0.4 is 10.5 Å². The molecule has 2 unspecified atom stereocenters. The van der Waals surface area contributed by atoms with Crippen molar-refractivity contribution in [1.29, 1.82) is 0 Å². The van der Waals surface area contributed by atoms with Crippen LogP contribution in [0, 0.1) is 0 Å². The van der Waals surface area contributed by atoms with Crippen LogP contribution in [-0.4, -0.2) is 24.8 Å². The van der Waals surface area contributed by atoms with Crippen LogP contribution in [0.4, 0.5) is 0 Å². The summed E-state index contributed by atoms with van der Waals surface area (Å²) in [5.74, 6) is 0.778. The van der Waals surface area contributed by atoms with Crippen molar-refractivity contribution >= 4 is 0 Å². The summed E-state index contributed by atoms with van der Waals surface area (Å²) in [5.41, 5.74) is 7.13. The molecule has 0 spiro atoms. The van der Waals surface area contributed by atoms with E-state index in [1.165, 1.54) is 0 Å². The first-order chi connectivity index (χ1) is 8.17. The van der Waals surface area contributed by atoms with E-state index in [-0.39, 0.29) is 12.1 Å². The topological polar surface area (TPSA) is 57.4 Å². The smallest absolute Gasteiger partial charge is 0.137 e. The van der Waals surface area contributed by atoms with Gasteiger partial charge in [-0.2, -0.15) is 0 Å². The third kappa shape index (κ3) is 4.71. The first-order valence-corrected chi connectivity index (χ1v) is 6.03. The molecule has 2 N–H and O–H groups in total. The van der Waals surface area contributed by atoms with E-state index in [1.807, 2.05) is 19.9 Å². The minimum atomic E-state index is -0.0134. The highest BCUT2D eigenvalue weighted by Gasteiger charge is 2.09. The summed E-state index contributed by atoms with van der Waals surface area (Å²) >= 11 is 0. The van der Waals surface area contributed by atoms with Crippen LogP contribution in [-0.2, 0) is 4.74 Å². The van der Waals surface area contributed by atoms with Gasteiger partial charge in [0.15, 0.2) is 0 Å². The lowest BCUT2D eigenvalue weighted by molar-refractivity contribution is 0.107. The molecule has 4 nitrogen and oxygen atoms in total. The molecule has 0 saturated heterocycles. The molecule has 0 radical (unpaired) electrons. The van der Waals surface area contributed by atoms with Crippen molar-refractivity contribution in [2.24, 2.45) is 5.73 Å². The van der Waals surface area contributed by atoms with Crippen molar-refractivity contribution in [3.8, 4) is 5.75 Å². The highest BCUT2D eigenvalue weighted by atomic mass is 16.5. The molecule has 0 fully saturated rings.